The maximum atomic E-state index is 11.6. The number of nitrogens with one attached hydrogen (secondary N) is 1. The first kappa shape index (κ1) is 14.7. The van der Waals surface area contributed by atoms with Gasteiger partial charge in [0.1, 0.15) is 0 Å². The number of hydrogen-bond acceptors (Lipinski definition) is 7. The number of anilines is 2. The van der Waals surface area contributed by atoms with Crippen LogP contribution in [0.4, 0.5) is 11.8 Å². The van der Waals surface area contributed by atoms with E-state index in [9.17, 15) is 8.42 Å². The molecule has 0 aromatic carbocycles. The Balaban J connectivity index is 2.17. The lowest BCUT2D eigenvalue weighted by molar-refractivity contribution is 0.598. The fourth-order valence-corrected chi connectivity index (χ4v) is 3.99. The molecule has 1 unspecified atom stereocenters. The van der Waals surface area contributed by atoms with Gasteiger partial charge in [-0.25, -0.2) is 8.42 Å². The first-order chi connectivity index (χ1) is 9.55. The van der Waals surface area contributed by atoms with Gasteiger partial charge in [-0.15, -0.1) is 11.7 Å². The maximum Gasteiger partial charge on any atom is 0.247 e. The second kappa shape index (κ2) is 6.17. The SMILES string of the molecule is C=CCNc1cnnc(N(CC)C2CCS(=O)(=O)C2)n1. The summed E-state index contributed by atoms with van der Waals surface area (Å²) in [6.07, 6.45) is 3.87. The summed E-state index contributed by atoms with van der Waals surface area (Å²) in [6, 6.07) is -0.0681. The minimum absolute atomic E-state index is 0.0681. The van der Waals surface area contributed by atoms with Crippen LogP contribution in [-0.4, -0.2) is 54.2 Å². The van der Waals surface area contributed by atoms with Gasteiger partial charge in [0.05, 0.1) is 17.7 Å². The summed E-state index contributed by atoms with van der Waals surface area (Å²) in [5, 5.41) is 11.0. The summed E-state index contributed by atoms with van der Waals surface area (Å²) in [6.45, 7) is 6.81. The first-order valence-corrected chi connectivity index (χ1v) is 8.39. The average molecular weight is 297 g/mol. The van der Waals surface area contributed by atoms with Crippen molar-refractivity contribution in [2.24, 2.45) is 0 Å². The van der Waals surface area contributed by atoms with E-state index in [0.29, 0.717) is 31.3 Å². The summed E-state index contributed by atoms with van der Waals surface area (Å²) in [7, 11) is -2.93. The standard InChI is InChI=1S/C12H19N5O2S/c1-3-6-13-11-8-14-16-12(15-11)17(4-2)10-5-7-20(18,19)9-10/h3,8,10H,1,4-7,9H2,2H3,(H,13,15,16). The van der Waals surface area contributed by atoms with Crippen molar-refractivity contribution in [3.05, 3.63) is 18.9 Å². The van der Waals surface area contributed by atoms with Gasteiger partial charge < -0.3 is 10.2 Å². The molecule has 0 spiro atoms. The predicted molar refractivity (Wildman–Crippen MR) is 78.6 cm³/mol. The Morgan fingerprint density at radius 2 is 2.40 bits per heavy atom. The van der Waals surface area contributed by atoms with Crippen LogP contribution in [0, 0.1) is 0 Å². The van der Waals surface area contributed by atoms with E-state index >= 15 is 0 Å². The number of nitrogens with zero attached hydrogens (tertiary/aromatic N) is 4. The van der Waals surface area contributed by atoms with Crippen LogP contribution in [0.15, 0.2) is 18.9 Å². The lowest BCUT2D eigenvalue weighted by Gasteiger charge is -2.26. The third-order valence-electron chi connectivity index (χ3n) is 3.22. The van der Waals surface area contributed by atoms with Gasteiger partial charge in [-0.1, -0.05) is 6.08 Å². The van der Waals surface area contributed by atoms with Crippen molar-refractivity contribution in [2.45, 2.75) is 19.4 Å². The molecular weight excluding hydrogens is 278 g/mol. The normalized spacial score (nSPS) is 20.6. The van der Waals surface area contributed by atoms with Gasteiger partial charge >= 0.3 is 0 Å². The number of sulfone groups is 1. The van der Waals surface area contributed by atoms with Crippen molar-refractivity contribution in [2.75, 3.05) is 34.8 Å². The van der Waals surface area contributed by atoms with E-state index in [1.165, 1.54) is 6.20 Å². The van der Waals surface area contributed by atoms with E-state index in [2.05, 4.69) is 27.1 Å². The molecule has 0 saturated carbocycles. The molecule has 1 N–H and O–H groups in total. The molecule has 0 radical (unpaired) electrons. The molecule has 1 aromatic rings. The Hall–Kier alpha value is -1.70. The lowest BCUT2D eigenvalue weighted by Crippen LogP contribution is -2.37. The van der Waals surface area contributed by atoms with E-state index in [4.69, 9.17) is 0 Å². The molecule has 1 aromatic heterocycles. The minimum atomic E-state index is -2.93. The summed E-state index contributed by atoms with van der Waals surface area (Å²) < 4.78 is 23.2. The number of rotatable bonds is 6. The molecule has 1 atom stereocenters. The molecule has 2 rings (SSSR count). The van der Waals surface area contributed by atoms with Gasteiger partial charge in [0, 0.05) is 19.1 Å². The Morgan fingerprint density at radius 1 is 1.60 bits per heavy atom. The van der Waals surface area contributed by atoms with Crippen molar-refractivity contribution >= 4 is 21.6 Å². The van der Waals surface area contributed by atoms with Crippen LogP contribution in [0.3, 0.4) is 0 Å². The molecule has 8 heteroatoms. The van der Waals surface area contributed by atoms with Crippen LogP contribution in [0.1, 0.15) is 13.3 Å². The second-order valence-corrected chi connectivity index (χ2v) is 6.88. The van der Waals surface area contributed by atoms with Gasteiger partial charge in [0.25, 0.3) is 0 Å². The van der Waals surface area contributed by atoms with E-state index in [1.54, 1.807) is 6.08 Å². The summed E-state index contributed by atoms with van der Waals surface area (Å²) in [4.78, 5) is 6.27. The highest BCUT2D eigenvalue weighted by Crippen LogP contribution is 2.21. The lowest BCUT2D eigenvalue weighted by atomic mass is 10.2. The zero-order chi connectivity index (χ0) is 14.6. The Kier molecular flexibility index (Phi) is 4.53. The first-order valence-electron chi connectivity index (χ1n) is 6.57. The molecule has 2 heterocycles. The van der Waals surface area contributed by atoms with Crippen LogP contribution in [-0.2, 0) is 9.84 Å². The molecule has 0 bridgehead atoms. The van der Waals surface area contributed by atoms with Crippen LogP contribution in [0.2, 0.25) is 0 Å². The maximum absolute atomic E-state index is 11.6. The minimum Gasteiger partial charge on any atom is -0.365 e. The van der Waals surface area contributed by atoms with Gasteiger partial charge in [0.15, 0.2) is 15.7 Å². The van der Waals surface area contributed by atoms with Crippen LogP contribution in [0.25, 0.3) is 0 Å². The smallest absolute Gasteiger partial charge is 0.247 e. The topological polar surface area (TPSA) is 88.1 Å². The highest BCUT2D eigenvalue weighted by Gasteiger charge is 2.33. The molecule has 1 fully saturated rings. The summed E-state index contributed by atoms with van der Waals surface area (Å²) >= 11 is 0. The van der Waals surface area contributed by atoms with Crippen molar-refractivity contribution in [3.8, 4) is 0 Å². The van der Waals surface area contributed by atoms with Crippen LogP contribution in [0.5, 0.6) is 0 Å². The molecule has 110 valence electrons. The van der Waals surface area contributed by atoms with Crippen LogP contribution >= 0.6 is 0 Å². The van der Waals surface area contributed by atoms with Gasteiger partial charge in [0.2, 0.25) is 5.95 Å². The van der Waals surface area contributed by atoms with Gasteiger partial charge in [-0.3, -0.25) is 0 Å². The number of hydrogen-bond donors (Lipinski definition) is 1. The third-order valence-corrected chi connectivity index (χ3v) is 4.97. The highest BCUT2D eigenvalue weighted by molar-refractivity contribution is 7.91. The molecule has 1 aliphatic rings. The molecular formula is C12H19N5O2S. The molecule has 20 heavy (non-hydrogen) atoms. The van der Waals surface area contributed by atoms with Crippen molar-refractivity contribution in [3.63, 3.8) is 0 Å². The largest absolute Gasteiger partial charge is 0.365 e. The fraction of sp³-hybridized carbons (Fsp3) is 0.583. The third kappa shape index (κ3) is 3.44. The van der Waals surface area contributed by atoms with Crippen molar-refractivity contribution in [1.29, 1.82) is 0 Å². The molecule has 0 amide bonds. The van der Waals surface area contributed by atoms with E-state index in [1.807, 2.05) is 11.8 Å². The van der Waals surface area contributed by atoms with Gasteiger partial charge in [-0.05, 0) is 13.3 Å². The molecule has 1 saturated heterocycles. The monoisotopic (exact) mass is 297 g/mol. The van der Waals surface area contributed by atoms with E-state index < -0.39 is 9.84 Å². The zero-order valence-electron chi connectivity index (χ0n) is 11.5. The van der Waals surface area contributed by atoms with Crippen molar-refractivity contribution in [1.82, 2.24) is 15.2 Å². The zero-order valence-corrected chi connectivity index (χ0v) is 12.3. The number of aromatic nitrogens is 3. The predicted octanol–water partition coefficient (Wildman–Crippen LogP) is 0.483. The van der Waals surface area contributed by atoms with Gasteiger partial charge in [-0.2, -0.15) is 10.1 Å². The quantitative estimate of drug-likeness (QED) is 0.764. The molecule has 7 nitrogen and oxygen atoms in total. The van der Waals surface area contributed by atoms with E-state index in [0.717, 1.165) is 0 Å². The summed E-state index contributed by atoms with van der Waals surface area (Å²) in [5.41, 5.74) is 0. The Bertz CT molecular complexity index is 575. The second-order valence-electron chi connectivity index (χ2n) is 4.65. The Morgan fingerprint density at radius 3 is 3.00 bits per heavy atom. The fourth-order valence-electron chi connectivity index (χ4n) is 2.26. The summed E-state index contributed by atoms with van der Waals surface area (Å²) in [5.74, 6) is 1.46. The van der Waals surface area contributed by atoms with Crippen molar-refractivity contribution < 1.29 is 8.42 Å². The Labute approximate surface area is 119 Å². The van der Waals surface area contributed by atoms with Crippen LogP contribution < -0.4 is 10.2 Å². The average Bonchev–Trinajstić information content (AvgIpc) is 2.78. The molecule has 1 aliphatic heterocycles. The van der Waals surface area contributed by atoms with E-state index in [-0.39, 0.29) is 17.5 Å². The molecule has 0 aliphatic carbocycles. The highest BCUT2D eigenvalue weighted by atomic mass is 32.2.